The van der Waals surface area contributed by atoms with Crippen LogP contribution in [0.1, 0.15) is 5.56 Å². The first-order valence-electron chi connectivity index (χ1n) is 7.29. The average molecular weight is 377 g/mol. The topological polar surface area (TPSA) is 68.2 Å². The van der Waals surface area contributed by atoms with E-state index in [9.17, 15) is 18.0 Å². The molecule has 0 aliphatic carbocycles. The number of aromatic nitrogens is 2. The maximum Gasteiger partial charge on any atom is 0.416 e. The molecule has 1 unspecified atom stereocenters. The van der Waals surface area contributed by atoms with E-state index in [1.807, 2.05) is 0 Å². The van der Waals surface area contributed by atoms with Gasteiger partial charge in [-0.1, -0.05) is 6.07 Å². The highest BCUT2D eigenvalue weighted by atomic mass is 35.5. The Morgan fingerprint density at radius 1 is 1.40 bits per heavy atom. The number of halogens is 4. The van der Waals surface area contributed by atoms with E-state index >= 15 is 0 Å². The van der Waals surface area contributed by atoms with Crippen LogP contribution in [0.15, 0.2) is 36.7 Å². The molecule has 2 aromatic rings. The average Bonchev–Trinajstić information content (AvgIpc) is 3.03. The lowest BCUT2D eigenvalue weighted by Gasteiger charge is -2.22. The molecule has 25 heavy (non-hydrogen) atoms. The molecule has 10 heteroatoms. The Bertz CT molecular complexity index is 730. The van der Waals surface area contributed by atoms with E-state index in [1.54, 1.807) is 0 Å². The summed E-state index contributed by atoms with van der Waals surface area (Å²) < 4.78 is 44.9. The van der Waals surface area contributed by atoms with E-state index in [1.165, 1.54) is 29.2 Å². The lowest BCUT2D eigenvalue weighted by molar-refractivity contribution is -0.137. The van der Waals surface area contributed by atoms with Crippen molar-refractivity contribution in [3.05, 3.63) is 42.2 Å². The third kappa shape index (κ3) is 4.71. The highest BCUT2D eigenvalue weighted by Crippen LogP contribution is 2.30. The first-order valence-corrected chi connectivity index (χ1v) is 7.29. The number of alkyl halides is 3. The quantitative estimate of drug-likeness (QED) is 0.862. The number of benzene rings is 1. The lowest BCUT2D eigenvalue weighted by Crippen LogP contribution is -2.45. The minimum atomic E-state index is -4.43. The summed E-state index contributed by atoms with van der Waals surface area (Å²) in [5.74, 6) is -0.328. The van der Waals surface area contributed by atoms with E-state index < -0.39 is 17.8 Å². The van der Waals surface area contributed by atoms with Crippen LogP contribution in [0.2, 0.25) is 0 Å². The highest BCUT2D eigenvalue weighted by Gasteiger charge is 2.30. The van der Waals surface area contributed by atoms with Gasteiger partial charge in [0.1, 0.15) is 6.10 Å². The maximum absolute atomic E-state index is 12.8. The van der Waals surface area contributed by atoms with Gasteiger partial charge in [0.2, 0.25) is 0 Å². The van der Waals surface area contributed by atoms with Gasteiger partial charge >= 0.3 is 6.18 Å². The Kier molecular flexibility index (Phi) is 6.04. The lowest BCUT2D eigenvalue weighted by atomic mass is 10.2. The number of hydrogen-bond acceptors (Lipinski definition) is 4. The molecule has 2 N–H and O–H groups in total. The van der Waals surface area contributed by atoms with Crippen molar-refractivity contribution < 1.29 is 22.7 Å². The molecule has 3 rings (SSSR count). The smallest absolute Gasteiger partial charge is 0.366 e. The maximum atomic E-state index is 12.8. The summed E-state index contributed by atoms with van der Waals surface area (Å²) in [6.45, 7) is 1.55. The van der Waals surface area contributed by atoms with Crippen LogP contribution in [-0.4, -0.2) is 41.5 Å². The van der Waals surface area contributed by atoms with E-state index in [0.717, 1.165) is 12.1 Å². The molecule has 1 aliphatic rings. The highest BCUT2D eigenvalue weighted by molar-refractivity contribution is 5.94. The zero-order valence-electron chi connectivity index (χ0n) is 12.9. The van der Waals surface area contributed by atoms with Crippen molar-refractivity contribution in [3.8, 4) is 5.69 Å². The summed E-state index contributed by atoms with van der Waals surface area (Å²) in [5.41, 5.74) is -0.129. The van der Waals surface area contributed by atoms with E-state index in [0.29, 0.717) is 25.4 Å². The molecule has 1 aromatic carbocycles. The van der Waals surface area contributed by atoms with E-state index in [4.69, 9.17) is 4.74 Å². The molecule has 1 atom stereocenters. The second-order valence-electron chi connectivity index (χ2n) is 5.27. The minimum Gasteiger partial charge on any atom is -0.366 e. The molecule has 6 nitrogen and oxygen atoms in total. The van der Waals surface area contributed by atoms with Crippen molar-refractivity contribution >= 4 is 24.0 Å². The number of hydrogen-bond donors (Lipinski definition) is 2. The van der Waals surface area contributed by atoms with E-state index in [-0.39, 0.29) is 24.0 Å². The number of carbonyl (C=O) groups excluding carboxylic acids is 1. The largest absolute Gasteiger partial charge is 0.416 e. The first-order chi connectivity index (χ1) is 11.4. The normalized spacial score (nSPS) is 17.6. The number of morpholine rings is 1. The monoisotopic (exact) mass is 376 g/mol. The number of anilines is 1. The van der Waals surface area contributed by atoms with Crippen LogP contribution >= 0.6 is 12.4 Å². The molecular weight excluding hydrogens is 361 g/mol. The number of ether oxygens (including phenoxy) is 1. The predicted molar refractivity (Wildman–Crippen MR) is 87.1 cm³/mol. The number of carbonyl (C=O) groups is 1. The molecule has 0 radical (unpaired) electrons. The fourth-order valence-electron chi connectivity index (χ4n) is 2.31. The van der Waals surface area contributed by atoms with Gasteiger partial charge in [-0.2, -0.15) is 18.3 Å². The Balaban J connectivity index is 0.00000225. The summed E-state index contributed by atoms with van der Waals surface area (Å²) >= 11 is 0. The zero-order valence-corrected chi connectivity index (χ0v) is 13.7. The Morgan fingerprint density at radius 3 is 2.88 bits per heavy atom. The number of nitrogens with one attached hydrogen (secondary N) is 2. The third-order valence-electron chi connectivity index (χ3n) is 3.51. The molecule has 0 bridgehead atoms. The SMILES string of the molecule is Cl.O=C(Nc1cnn(-c2cccc(C(F)(F)F)c2)c1)C1CNCCO1. The van der Waals surface area contributed by atoms with Gasteiger partial charge in [-0.15, -0.1) is 12.4 Å². The van der Waals surface area contributed by atoms with Crippen molar-refractivity contribution in [1.29, 1.82) is 0 Å². The van der Waals surface area contributed by atoms with Gasteiger partial charge in [0, 0.05) is 13.1 Å². The molecule has 1 fully saturated rings. The minimum absolute atomic E-state index is 0. The summed E-state index contributed by atoms with van der Waals surface area (Å²) in [6.07, 6.45) is -2.21. The third-order valence-corrected chi connectivity index (χ3v) is 3.51. The van der Waals surface area contributed by atoms with Crippen LogP contribution in [0, 0.1) is 0 Å². The van der Waals surface area contributed by atoms with Crippen molar-refractivity contribution in [2.45, 2.75) is 12.3 Å². The van der Waals surface area contributed by atoms with E-state index in [2.05, 4.69) is 15.7 Å². The van der Waals surface area contributed by atoms with Gasteiger partial charge in [-0.05, 0) is 18.2 Å². The molecule has 136 valence electrons. The summed E-state index contributed by atoms with van der Waals surface area (Å²) in [5, 5.41) is 9.66. The molecule has 1 saturated heterocycles. The standard InChI is InChI=1S/C15H15F3N4O2.ClH/c16-15(17,18)10-2-1-3-12(6-10)22-9-11(7-20-22)21-14(23)13-8-19-4-5-24-13;/h1-3,6-7,9,13,19H,4-5,8H2,(H,21,23);1H. The van der Waals surface area contributed by atoms with Gasteiger partial charge in [-0.25, -0.2) is 4.68 Å². The molecule has 1 aliphatic heterocycles. The van der Waals surface area contributed by atoms with Crippen molar-refractivity contribution in [3.63, 3.8) is 0 Å². The molecule has 2 heterocycles. The van der Waals surface area contributed by atoms with Gasteiger partial charge in [0.15, 0.2) is 0 Å². The number of rotatable bonds is 3. The fourth-order valence-corrected chi connectivity index (χ4v) is 2.31. The van der Waals surface area contributed by atoms with Crippen molar-refractivity contribution in [1.82, 2.24) is 15.1 Å². The zero-order chi connectivity index (χ0) is 17.2. The molecule has 0 saturated carbocycles. The Morgan fingerprint density at radius 2 is 2.20 bits per heavy atom. The van der Waals surface area contributed by atoms with Crippen LogP contribution in [0.25, 0.3) is 5.69 Å². The summed E-state index contributed by atoms with van der Waals surface area (Å²) in [7, 11) is 0. The fraction of sp³-hybridized carbons (Fsp3) is 0.333. The van der Waals surface area contributed by atoms with Crippen LogP contribution in [0.4, 0.5) is 18.9 Å². The second-order valence-corrected chi connectivity index (χ2v) is 5.27. The summed E-state index contributed by atoms with van der Waals surface area (Å²) in [4.78, 5) is 12.0. The van der Waals surface area contributed by atoms with Crippen LogP contribution < -0.4 is 10.6 Å². The predicted octanol–water partition coefficient (Wildman–Crippen LogP) is 2.24. The van der Waals surface area contributed by atoms with Crippen LogP contribution in [-0.2, 0) is 15.7 Å². The molecule has 1 aromatic heterocycles. The first kappa shape index (κ1) is 19.2. The summed E-state index contributed by atoms with van der Waals surface area (Å²) in [6, 6.07) is 4.79. The number of amides is 1. The number of nitrogens with zero attached hydrogens (tertiary/aromatic N) is 2. The van der Waals surface area contributed by atoms with Gasteiger partial charge in [0.25, 0.3) is 5.91 Å². The van der Waals surface area contributed by atoms with Crippen molar-refractivity contribution in [2.75, 3.05) is 25.0 Å². The molecule has 0 spiro atoms. The van der Waals surface area contributed by atoms with Crippen LogP contribution in [0.3, 0.4) is 0 Å². The van der Waals surface area contributed by atoms with Gasteiger partial charge in [0.05, 0.1) is 35.9 Å². The Hall–Kier alpha value is -2.10. The second kappa shape index (κ2) is 7.85. The van der Waals surface area contributed by atoms with Crippen molar-refractivity contribution in [2.24, 2.45) is 0 Å². The Labute approximate surface area is 147 Å². The molecular formula is C15H16ClF3N4O2. The van der Waals surface area contributed by atoms with Gasteiger partial charge in [-0.3, -0.25) is 4.79 Å². The van der Waals surface area contributed by atoms with Gasteiger partial charge < -0.3 is 15.4 Å². The van der Waals surface area contributed by atoms with Crippen LogP contribution in [0.5, 0.6) is 0 Å². The molecule has 1 amide bonds.